The fourth-order valence-electron chi connectivity index (χ4n) is 9.70. The van der Waals surface area contributed by atoms with Crippen LogP contribution in [-0.2, 0) is 23.8 Å². The summed E-state index contributed by atoms with van der Waals surface area (Å²) in [5.74, 6) is 0.707. The maximum absolute atomic E-state index is 15.4. The topological polar surface area (TPSA) is 183 Å². The van der Waals surface area contributed by atoms with Crippen LogP contribution in [0.2, 0.25) is 0 Å². The Labute approximate surface area is 328 Å². The Morgan fingerprint density at radius 3 is 2.57 bits per heavy atom. The summed E-state index contributed by atoms with van der Waals surface area (Å²) in [7, 11) is 0. The highest BCUT2D eigenvalue weighted by atomic mass is 19.1. The quantitative estimate of drug-likeness (QED) is 0.105. The first-order valence-electron chi connectivity index (χ1n) is 20.4. The molecule has 1 aromatic heterocycles. The van der Waals surface area contributed by atoms with Crippen molar-refractivity contribution in [2.45, 2.75) is 147 Å². The predicted molar refractivity (Wildman–Crippen MR) is 207 cm³/mol. The van der Waals surface area contributed by atoms with Crippen LogP contribution in [0, 0.1) is 29.1 Å². The van der Waals surface area contributed by atoms with E-state index >= 15 is 4.39 Å². The molecular formula is C43H60FN3O9. The fourth-order valence-corrected chi connectivity index (χ4v) is 9.70. The van der Waals surface area contributed by atoms with Gasteiger partial charge in [-0.15, -0.1) is 0 Å². The van der Waals surface area contributed by atoms with E-state index in [9.17, 15) is 29.7 Å². The first-order chi connectivity index (χ1) is 26.6. The third-order valence-electron chi connectivity index (χ3n) is 13.1. The molecule has 0 amide bonds. The predicted octanol–water partition coefficient (Wildman–Crippen LogP) is 5.57. The summed E-state index contributed by atoms with van der Waals surface area (Å²) >= 11 is 0. The van der Waals surface area contributed by atoms with Crippen molar-refractivity contribution < 1.29 is 43.5 Å². The van der Waals surface area contributed by atoms with Crippen molar-refractivity contribution in [3.8, 4) is 0 Å². The first-order valence-corrected chi connectivity index (χ1v) is 20.4. The molecule has 12 nitrogen and oxygen atoms in total. The van der Waals surface area contributed by atoms with Crippen molar-refractivity contribution in [3.63, 3.8) is 0 Å². The van der Waals surface area contributed by atoms with Gasteiger partial charge in [-0.2, -0.15) is 4.98 Å². The summed E-state index contributed by atoms with van der Waals surface area (Å²) in [6, 6.07) is 1.31. The molecule has 5 aliphatic rings. The SMILES string of the molecule is C=C1/C(=C\C=C2/CCC[C@@]3(C)C2CCC3[C@@H](C)/C=C/C(OC(=O)CCCCC(=O)OCC2OC(n3ccc(N)nc3=O)C(C)(F)C2O)C2CC2)C[C@@H](O)C[C@@H]1O. The van der Waals surface area contributed by atoms with Crippen LogP contribution in [-0.4, -0.2) is 79.6 Å². The number of nitrogens with two attached hydrogens (primary N) is 1. The Balaban J connectivity index is 0.940. The fraction of sp³-hybridized carbons (Fsp3) is 0.674. The van der Waals surface area contributed by atoms with E-state index in [1.54, 1.807) is 0 Å². The van der Waals surface area contributed by atoms with Gasteiger partial charge in [0.2, 0.25) is 0 Å². The van der Waals surface area contributed by atoms with E-state index < -0.39 is 54.6 Å². The molecule has 11 atom stereocenters. The number of allylic oxidation sites excluding steroid dienone is 4. The van der Waals surface area contributed by atoms with Gasteiger partial charge in [0.15, 0.2) is 11.9 Å². The van der Waals surface area contributed by atoms with Crippen molar-refractivity contribution in [1.29, 1.82) is 0 Å². The lowest BCUT2D eigenvalue weighted by Gasteiger charge is -2.44. The van der Waals surface area contributed by atoms with E-state index in [-0.39, 0.29) is 36.1 Å². The van der Waals surface area contributed by atoms with E-state index in [1.807, 2.05) is 0 Å². The summed E-state index contributed by atoms with van der Waals surface area (Å²) in [5, 5.41) is 31.0. The van der Waals surface area contributed by atoms with Gasteiger partial charge in [-0.05, 0) is 124 Å². The average Bonchev–Trinajstić information content (AvgIpc) is 3.89. The highest BCUT2D eigenvalue weighted by molar-refractivity contribution is 5.71. The van der Waals surface area contributed by atoms with Crippen LogP contribution in [0.3, 0.4) is 0 Å². The minimum absolute atomic E-state index is 0.0221. The number of carbonyl (C=O) groups is 2. The normalized spacial score (nSPS) is 35.8. The van der Waals surface area contributed by atoms with E-state index in [1.165, 1.54) is 24.3 Å². The van der Waals surface area contributed by atoms with Crippen molar-refractivity contribution in [3.05, 3.63) is 70.3 Å². The maximum Gasteiger partial charge on any atom is 0.351 e. The van der Waals surface area contributed by atoms with Gasteiger partial charge in [0.05, 0.1) is 12.2 Å². The van der Waals surface area contributed by atoms with E-state index in [2.05, 4.69) is 49.7 Å². The van der Waals surface area contributed by atoms with E-state index in [4.69, 9.17) is 19.9 Å². The first kappa shape index (κ1) is 42.0. The van der Waals surface area contributed by atoms with E-state index in [0.29, 0.717) is 54.9 Å². The highest BCUT2D eigenvalue weighted by Crippen LogP contribution is 2.59. The monoisotopic (exact) mass is 781 g/mol. The lowest BCUT2D eigenvalue weighted by atomic mass is 9.61. The van der Waals surface area contributed by atoms with Crippen LogP contribution in [0.1, 0.15) is 110 Å². The molecule has 0 spiro atoms. The Morgan fingerprint density at radius 1 is 1.12 bits per heavy atom. The molecule has 0 aromatic carbocycles. The largest absolute Gasteiger partial charge is 0.463 e. The summed E-state index contributed by atoms with van der Waals surface area (Å²) in [4.78, 5) is 41.2. The van der Waals surface area contributed by atoms with Gasteiger partial charge in [-0.25, -0.2) is 9.18 Å². The summed E-state index contributed by atoms with van der Waals surface area (Å²) in [5.41, 5.74) is 5.60. The number of esters is 2. The number of fused-ring (bicyclic) bond motifs is 1. The molecule has 0 radical (unpaired) electrons. The number of aliphatic hydroxyl groups is 3. The molecule has 13 heteroatoms. The molecule has 0 bridgehead atoms. The van der Waals surface area contributed by atoms with Crippen molar-refractivity contribution in [1.82, 2.24) is 9.55 Å². The number of nitrogens with zero attached hydrogens (tertiary/aromatic N) is 2. The van der Waals surface area contributed by atoms with Gasteiger partial charge in [0.25, 0.3) is 0 Å². The number of alkyl halides is 1. The molecule has 5 fully saturated rings. The smallest absolute Gasteiger partial charge is 0.351 e. The molecular weight excluding hydrogens is 721 g/mol. The van der Waals surface area contributed by atoms with Crippen molar-refractivity contribution >= 4 is 17.8 Å². The lowest BCUT2D eigenvalue weighted by Crippen LogP contribution is -2.43. The lowest BCUT2D eigenvalue weighted by molar-refractivity contribution is -0.151. The summed E-state index contributed by atoms with van der Waals surface area (Å²) < 4.78 is 33.1. The van der Waals surface area contributed by atoms with Gasteiger partial charge >= 0.3 is 17.6 Å². The zero-order chi connectivity index (χ0) is 40.4. The molecule has 1 saturated heterocycles. The number of carbonyl (C=O) groups excluding carboxylic acids is 2. The van der Waals surface area contributed by atoms with Crippen LogP contribution in [0.4, 0.5) is 10.2 Å². The number of hydrogen-bond acceptors (Lipinski definition) is 11. The van der Waals surface area contributed by atoms with Gasteiger partial charge in [-0.3, -0.25) is 14.2 Å². The number of unbranched alkanes of at least 4 members (excludes halogenated alkanes) is 1. The van der Waals surface area contributed by atoms with Gasteiger partial charge in [0.1, 0.15) is 30.7 Å². The Bertz CT molecular complexity index is 1770. The zero-order valence-electron chi connectivity index (χ0n) is 33.0. The maximum atomic E-state index is 15.4. The van der Waals surface area contributed by atoms with Crippen LogP contribution >= 0.6 is 0 Å². The molecule has 1 aliphatic heterocycles. The Morgan fingerprint density at radius 2 is 1.86 bits per heavy atom. The van der Waals surface area contributed by atoms with Crippen LogP contribution in [0.15, 0.2) is 64.7 Å². The van der Waals surface area contributed by atoms with Crippen LogP contribution < -0.4 is 11.4 Å². The molecule has 56 heavy (non-hydrogen) atoms. The molecule has 4 aliphatic carbocycles. The highest BCUT2D eigenvalue weighted by Gasteiger charge is 2.56. The van der Waals surface area contributed by atoms with E-state index in [0.717, 1.165) is 55.6 Å². The average molecular weight is 782 g/mol. The van der Waals surface area contributed by atoms with Crippen molar-refractivity contribution in [2.24, 2.45) is 29.1 Å². The number of hydrogen-bond donors (Lipinski definition) is 4. The number of anilines is 1. The van der Waals surface area contributed by atoms with Crippen LogP contribution in [0.5, 0.6) is 0 Å². The minimum atomic E-state index is -2.36. The zero-order valence-corrected chi connectivity index (χ0v) is 33.0. The standard InChI is InChI=1S/C43H60FN3O9/c1-25(31-16-17-32-27(8-7-20-42(31,32)3)12-15-29-22-30(48)23-33(49)26(29)2)11-18-34(28-13-14-28)55-38(51)10-6-5-9-37(50)54-24-35-39(52)43(4,44)40(56-35)47-21-19-36(45)46-41(47)53/h11-12,15,18-19,21,25,28,30-35,39-40,48-49,52H,2,5-10,13-14,16-17,20,22-24H2,1,3-4H3,(H2,45,46,53)/b18-11+,27-12+,29-15-/t25-,30+,31?,32?,33-,34?,35?,39?,40?,42+,43?/m0/s1. The molecule has 7 unspecified atom stereocenters. The van der Waals surface area contributed by atoms with Crippen LogP contribution in [0.25, 0.3) is 0 Å². The third kappa shape index (κ3) is 9.38. The second-order valence-electron chi connectivity index (χ2n) is 17.3. The summed E-state index contributed by atoms with van der Waals surface area (Å²) in [6.07, 6.45) is 13.6. The second-order valence-corrected chi connectivity index (χ2v) is 17.3. The Hall–Kier alpha value is -3.65. The van der Waals surface area contributed by atoms with Gasteiger partial charge in [-0.1, -0.05) is 44.2 Å². The Kier molecular flexibility index (Phi) is 13.1. The number of rotatable bonds is 14. The molecule has 1 aromatic rings. The third-order valence-corrected chi connectivity index (χ3v) is 13.1. The molecule has 4 saturated carbocycles. The number of halogens is 1. The molecule has 2 heterocycles. The number of nitrogen functional groups attached to an aromatic ring is 1. The molecule has 308 valence electrons. The summed E-state index contributed by atoms with van der Waals surface area (Å²) in [6.45, 7) is 9.48. The second kappa shape index (κ2) is 17.5. The molecule has 6 rings (SSSR count). The van der Waals surface area contributed by atoms with Crippen molar-refractivity contribution in [2.75, 3.05) is 12.3 Å². The number of ether oxygens (including phenoxy) is 3. The van der Waals surface area contributed by atoms with Gasteiger partial charge < -0.3 is 35.3 Å². The number of aromatic nitrogens is 2. The number of aliphatic hydroxyl groups excluding tert-OH is 3. The van der Waals surface area contributed by atoms with Gasteiger partial charge in [0, 0.05) is 25.5 Å². The minimum Gasteiger partial charge on any atom is -0.463 e. The molecule has 5 N–H and O–H groups in total.